The molecule has 0 unspecified atom stereocenters. The highest BCUT2D eigenvalue weighted by atomic mass is 19.4. The Morgan fingerprint density at radius 3 is 2.35 bits per heavy atom. The van der Waals surface area contributed by atoms with E-state index in [0.29, 0.717) is 5.69 Å². The molecule has 2 amide bonds. The van der Waals surface area contributed by atoms with E-state index in [4.69, 9.17) is 0 Å². The molecule has 2 aromatic carbocycles. The summed E-state index contributed by atoms with van der Waals surface area (Å²) in [5, 5.41) is 6.72. The second kappa shape index (κ2) is 7.53. The molecule has 31 heavy (non-hydrogen) atoms. The molecule has 3 aromatic rings. The Balaban J connectivity index is 1.64. The van der Waals surface area contributed by atoms with Crippen molar-refractivity contribution in [3.63, 3.8) is 0 Å². The summed E-state index contributed by atoms with van der Waals surface area (Å²) < 4.78 is 53.0. The number of benzene rings is 2. The minimum absolute atomic E-state index is 0.0118. The van der Waals surface area contributed by atoms with Crippen LogP contribution in [0.4, 0.5) is 28.9 Å². The van der Waals surface area contributed by atoms with E-state index in [1.165, 1.54) is 52.2 Å². The van der Waals surface area contributed by atoms with Crippen LogP contribution in [0.1, 0.15) is 39.4 Å². The normalized spacial score (nSPS) is 16.2. The van der Waals surface area contributed by atoms with Gasteiger partial charge in [0.1, 0.15) is 11.5 Å². The second-order valence-corrected chi connectivity index (χ2v) is 7.12. The molecule has 4 rings (SSSR count). The number of nitrogens with one attached hydrogen (secondary N) is 1. The smallest absolute Gasteiger partial charge is 0.322 e. The van der Waals surface area contributed by atoms with Crippen molar-refractivity contribution >= 4 is 23.2 Å². The summed E-state index contributed by atoms with van der Waals surface area (Å²) in [7, 11) is 0. The van der Waals surface area contributed by atoms with Gasteiger partial charge in [0, 0.05) is 17.9 Å². The number of hydrogen-bond acceptors (Lipinski definition) is 3. The number of carbonyl (C=O) groups is 2. The molecule has 1 N–H and O–H groups in total. The molecule has 160 valence electrons. The number of amides is 2. The van der Waals surface area contributed by atoms with Gasteiger partial charge in [0.25, 0.3) is 11.8 Å². The molecule has 0 spiro atoms. The van der Waals surface area contributed by atoms with E-state index in [-0.39, 0.29) is 29.5 Å². The fraction of sp³-hybridized carbons (Fsp3) is 0.190. The minimum Gasteiger partial charge on any atom is -0.322 e. The van der Waals surface area contributed by atoms with Gasteiger partial charge in [-0.2, -0.15) is 18.3 Å². The minimum atomic E-state index is -4.48. The van der Waals surface area contributed by atoms with E-state index in [2.05, 4.69) is 10.4 Å². The Hall–Kier alpha value is -3.69. The predicted octanol–water partition coefficient (Wildman–Crippen LogP) is 4.51. The summed E-state index contributed by atoms with van der Waals surface area (Å²) in [6.45, 7) is 1.96. The summed E-state index contributed by atoms with van der Waals surface area (Å²) in [4.78, 5) is 27.2. The highest BCUT2D eigenvalue weighted by Crippen LogP contribution is 2.33. The van der Waals surface area contributed by atoms with E-state index in [1.807, 2.05) is 0 Å². The van der Waals surface area contributed by atoms with Gasteiger partial charge >= 0.3 is 6.18 Å². The third kappa shape index (κ3) is 3.88. The van der Waals surface area contributed by atoms with Gasteiger partial charge in [-0.05, 0) is 55.5 Å². The van der Waals surface area contributed by atoms with E-state index in [1.54, 1.807) is 6.92 Å². The van der Waals surface area contributed by atoms with Crippen LogP contribution in [0.3, 0.4) is 0 Å². The monoisotopic (exact) mass is 432 g/mol. The number of fused-ring (bicyclic) bond motifs is 1. The molecule has 1 aliphatic rings. The average molecular weight is 432 g/mol. The lowest BCUT2D eigenvalue weighted by Crippen LogP contribution is -2.43. The van der Waals surface area contributed by atoms with Gasteiger partial charge in [0.15, 0.2) is 0 Å². The largest absolute Gasteiger partial charge is 0.416 e. The van der Waals surface area contributed by atoms with E-state index in [9.17, 15) is 27.2 Å². The van der Waals surface area contributed by atoms with Crippen LogP contribution < -0.4 is 10.2 Å². The number of aromatic nitrogens is 2. The van der Waals surface area contributed by atoms with Crippen molar-refractivity contribution in [2.75, 3.05) is 16.8 Å². The summed E-state index contributed by atoms with van der Waals surface area (Å²) >= 11 is 0. The summed E-state index contributed by atoms with van der Waals surface area (Å²) in [5.41, 5.74) is -0.168. The van der Waals surface area contributed by atoms with Crippen molar-refractivity contribution in [2.24, 2.45) is 0 Å². The van der Waals surface area contributed by atoms with Crippen molar-refractivity contribution in [3.8, 4) is 0 Å². The Morgan fingerprint density at radius 1 is 1.10 bits per heavy atom. The van der Waals surface area contributed by atoms with Crippen LogP contribution in [-0.2, 0) is 6.18 Å². The maximum atomic E-state index is 13.1. The summed E-state index contributed by atoms with van der Waals surface area (Å²) in [6.07, 6.45) is -3.22. The molecule has 0 saturated heterocycles. The lowest BCUT2D eigenvalue weighted by Gasteiger charge is -2.32. The van der Waals surface area contributed by atoms with Gasteiger partial charge in [0.2, 0.25) is 0 Å². The molecule has 2 heterocycles. The van der Waals surface area contributed by atoms with Crippen LogP contribution in [0, 0.1) is 5.82 Å². The molecular weight excluding hydrogens is 416 g/mol. The van der Waals surface area contributed by atoms with Crippen LogP contribution in [0.2, 0.25) is 0 Å². The summed E-state index contributed by atoms with van der Waals surface area (Å²) in [6, 6.07) is 9.05. The van der Waals surface area contributed by atoms with Crippen LogP contribution in [0.25, 0.3) is 0 Å². The molecule has 0 radical (unpaired) electrons. The number of carbonyl (C=O) groups excluding carboxylic acids is 2. The van der Waals surface area contributed by atoms with Gasteiger partial charge in [-0.3, -0.25) is 14.3 Å². The third-order valence-electron chi connectivity index (χ3n) is 4.96. The first-order valence-corrected chi connectivity index (χ1v) is 9.28. The van der Waals surface area contributed by atoms with E-state index in [0.717, 1.165) is 12.1 Å². The Bertz CT molecular complexity index is 1140. The molecule has 1 aliphatic heterocycles. The van der Waals surface area contributed by atoms with Crippen molar-refractivity contribution in [3.05, 3.63) is 77.4 Å². The Morgan fingerprint density at radius 2 is 1.74 bits per heavy atom. The summed E-state index contributed by atoms with van der Waals surface area (Å²) in [5.74, 6) is -1.63. The molecule has 10 heteroatoms. The van der Waals surface area contributed by atoms with Gasteiger partial charge in [0.05, 0.1) is 23.4 Å². The van der Waals surface area contributed by atoms with E-state index < -0.39 is 29.4 Å². The lowest BCUT2D eigenvalue weighted by molar-refractivity contribution is -0.137. The number of halogens is 4. The number of rotatable bonds is 3. The zero-order valence-corrected chi connectivity index (χ0v) is 16.2. The van der Waals surface area contributed by atoms with Gasteiger partial charge < -0.3 is 10.2 Å². The van der Waals surface area contributed by atoms with Crippen molar-refractivity contribution < 1.29 is 27.2 Å². The zero-order chi connectivity index (χ0) is 22.3. The first-order chi connectivity index (χ1) is 14.6. The number of hydrogen-bond donors (Lipinski definition) is 1. The predicted molar refractivity (Wildman–Crippen MR) is 104 cm³/mol. The topological polar surface area (TPSA) is 67.2 Å². The fourth-order valence-corrected chi connectivity index (χ4v) is 3.41. The van der Waals surface area contributed by atoms with Gasteiger partial charge in [-0.15, -0.1) is 0 Å². The van der Waals surface area contributed by atoms with Crippen LogP contribution in [0.5, 0.6) is 0 Å². The van der Waals surface area contributed by atoms with Crippen molar-refractivity contribution in [2.45, 2.75) is 19.1 Å². The van der Waals surface area contributed by atoms with Crippen LogP contribution in [0.15, 0.2) is 54.7 Å². The standard InChI is InChI=1S/C21H16F4N4O2/c1-12-11-28(16-8-2-13(3-9-16)21(23,24)25)20(31)18-17(10-26-29(12)18)19(30)27-15-6-4-14(22)5-7-15/h2-10,12H,11H2,1H3,(H,27,30)/t12-/m0/s1. The van der Waals surface area contributed by atoms with Crippen LogP contribution >= 0.6 is 0 Å². The Labute approximate surface area is 174 Å². The maximum absolute atomic E-state index is 13.1. The molecule has 0 bridgehead atoms. The van der Waals surface area contributed by atoms with Gasteiger partial charge in [-0.25, -0.2) is 4.39 Å². The SMILES string of the molecule is C[C@H]1CN(c2ccc(C(F)(F)F)cc2)C(=O)c2c(C(=O)Nc3ccc(F)cc3)cnn21. The first-order valence-electron chi connectivity index (χ1n) is 9.28. The van der Waals surface area contributed by atoms with Crippen molar-refractivity contribution in [1.82, 2.24) is 9.78 Å². The molecular formula is C21H16F4N4O2. The highest BCUT2D eigenvalue weighted by molar-refractivity contribution is 6.15. The van der Waals surface area contributed by atoms with Crippen molar-refractivity contribution in [1.29, 1.82) is 0 Å². The lowest BCUT2D eigenvalue weighted by atomic mass is 10.1. The highest BCUT2D eigenvalue weighted by Gasteiger charge is 2.36. The Kier molecular flexibility index (Phi) is 5.00. The van der Waals surface area contributed by atoms with Gasteiger partial charge in [-0.1, -0.05) is 0 Å². The average Bonchev–Trinajstić information content (AvgIpc) is 3.18. The molecule has 0 aliphatic carbocycles. The molecule has 0 fully saturated rings. The van der Waals surface area contributed by atoms with E-state index >= 15 is 0 Å². The molecule has 0 saturated carbocycles. The third-order valence-corrected chi connectivity index (χ3v) is 4.96. The molecule has 1 atom stereocenters. The second-order valence-electron chi connectivity index (χ2n) is 7.12. The number of nitrogens with zero attached hydrogens (tertiary/aromatic N) is 3. The van der Waals surface area contributed by atoms with Crippen LogP contribution in [-0.4, -0.2) is 28.1 Å². The number of alkyl halides is 3. The zero-order valence-electron chi connectivity index (χ0n) is 16.2. The molecule has 6 nitrogen and oxygen atoms in total. The quantitative estimate of drug-likeness (QED) is 0.619. The first kappa shape index (κ1) is 20.6. The number of anilines is 2. The molecule has 1 aromatic heterocycles. The maximum Gasteiger partial charge on any atom is 0.416 e. The fourth-order valence-electron chi connectivity index (χ4n) is 3.41.